The number of hydrogen-bond acceptors (Lipinski definition) is 5. The molecule has 0 aliphatic rings. The fraction of sp³-hybridized carbons (Fsp3) is 0.105. The highest BCUT2D eigenvalue weighted by Gasteiger charge is 2.12. The highest BCUT2D eigenvalue weighted by atomic mass is 35.5. The zero-order valence-corrected chi connectivity index (χ0v) is 15.0. The van der Waals surface area contributed by atoms with Crippen molar-refractivity contribution in [2.24, 2.45) is 5.73 Å². The van der Waals surface area contributed by atoms with Crippen molar-refractivity contribution in [2.45, 2.75) is 6.92 Å². The number of amides is 2. The monoisotopic (exact) mass is 386 g/mol. The number of Topliss-reactive ketones (excluding diaryl/α,β-unsaturated/α-hetero) is 1. The molecule has 0 saturated heterocycles. The van der Waals surface area contributed by atoms with Gasteiger partial charge in [0.2, 0.25) is 0 Å². The minimum Gasteiger partial charge on any atom is -0.484 e. The number of halogens is 1. The van der Waals surface area contributed by atoms with E-state index in [0.29, 0.717) is 27.2 Å². The van der Waals surface area contributed by atoms with Gasteiger partial charge in [-0.1, -0.05) is 11.6 Å². The lowest BCUT2D eigenvalue weighted by Gasteiger charge is -2.10. The van der Waals surface area contributed by atoms with Gasteiger partial charge in [0.15, 0.2) is 12.4 Å². The Balaban J connectivity index is 1.76. The van der Waals surface area contributed by atoms with Crippen LogP contribution in [0.5, 0.6) is 5.75 Å². The number of hydrogen-bond donors (Lipinski definition) is 2. The second-order valence-electron chi connectivity index (χ2n) is 5.81. The molecule has 8 heteroatoms. The van der Waals surface area contributed by atoms with E-state index in [1.807, 2.05) is 0 Å². The van der Waals surface area contributed by atoms with Crippen LogP contribution in [-0.4, -0.2) is 18.4 Å². The van der Waals surface area contributed by atoms with Gasteiger partial charge in [-0.2, -0.15) is 0 Å². The predicted molar refractivity (Wildman–Crippen MR) is 102 cm³/mol. The van der Waals surface area contributed by atoms with Crippen LogP contribution in [0.3, 0.4) is 0 Å². The van der Waals surface area contributed by atoms with Crippen LogP contribution in [0.1, 0.15) is 15.9 Å². The highest BCUT2D eigenvalue weighted by Crippen LogP contribution is 2.31. The van der Waals surface area contributed by atoms with Crippen LogP contribution in [0.2, 0.25) is 5.02 Å². The molecule has 0 atom stereocenters. The Labute approximate surface area is 158 Å². The van der Waals surface area contributed by atoms with E-state index >= 15 is 0 Å². The number of carbonyl (C=O) groups excluding carboxylic acids is 2. The van der Waals surface area contributed by atoms with E-state index in [0.717, 1.165) is 5.56 Å². The number of fused-ring (bicyclic) bond motifs is 1. The van der Waals surface area contributed by atoms with Crippen LogP contribution in [0.25, 0.3) is 11.0 Å². The van der Waals surface area contributed by atoms with Crippen LogP contribution in [0, 0.1) is 6.92 Å². The number of ether oxygens (including phenoxy) is 1. The molecule has 0 unspecified atom stereocenters. The Morgan fingerprint density at radius 3 is 2.56 bits per heavy atom. The molecular formula is C19H15ClN2O5. The SMILES string of the molecule is Cc1cc(=O)oc2cc(OCC(=O)c3ccc(NC(N)=O)cc3)c(Cl)cc12. The lowest BCUT2D eigenvalue weighted by atomic mass is 10.1. The van der Waals surface area contributed by atoms with E-state index in [-0.39, 0.29) is 18.1 Å². The van der Waals surface area contributed by atoms with Gasteiger partial charge in [0.1, 0.15) is 11.3 Å². The summed E-state index contributed by atoms with van der Waals surface area (Å²) < 4.78 is 10.7. The molecule has 0 aliphatic carbocycles. The van der Waals surface area contributed by atoms with Gasteiger partial charge < -0.3 is 20.2 Å². The first kappa shape index (κ1) is 18.5. The molecule has 0 bridgehead atoms. The molecule has 0 saturated carbocycles. The fourth-order valence-electron chi connectivity index (χ4n) is 2.54. The molecule has 3 aromatic rings. The van der Waals surface area contributed by atoms with Crippen molar-refractivity contribution in [2.75, 3.05) is 11.9 Å². The van der Waals surface area contributed by atoms with Crippen LogP contribution in [-0.2, 0) is 0 Å². The van der Waals surface area contributed by atoms with E-state index in [1.165, 1.54) is 12.1 Å². The first-order chi connectivity index (χ1) is 12.8. The van der Waals surface area contributed by atoms with Crippen LogP contribution >= 0.6 is 11.6 Å². The number of aryl methyl sites for hydroxylation is 1. The second kappa shape index (κ2) is 7.51. The molecule has 27 heavy (non-hydrogen) atoms. The molecule has 0 spiro atoms. The third kappa shape index (κ3) is 4.27. The van der Waals surface area contributed by atoms with E-state index in [9.17, 15) is 14.4 Å². The summed E-state index contributed by atoms with van der Waals surface area (Å²) in [5.74, 6) is -0.0548. The number of ketones is 1. The van der Waals surface area contributed by atoms with Crippen LogP contribution in [0.4, 0.5) is 10.5 Å². The molecule has 2 amide bonds. The predicted octanol–water partition coefficient (Wildman–Crippen LogP) is 3.51. The maximum Gasteiger partial charge on any atom is 0.336 e. The summed E-state index contributed by atoms with van der Waals surface area (Å²) >= 11 is 6.21. The summed E-state index contributed by atoms with van der Waals surface area (Å²) in [7, 11) is 0. The lowest BCUT2D eigenvalue weighted by Crippen LogP contribution is -2.19. The average molecular weight is 387 g/mol. The van der Waals surface area contributed by atoms with Crippen molar-refractivity contribution in [3.05, 3.63) is 69.0 Å². The first-order valence-corrected chi connectivity index (χ1v) is 8.28. The van der Waals surface area contributed by atoms with E-state index in [4.69, 9.17) is 26.5 Å². The van der Waals surface area contributed by atoms with Gasteiger partial charge in [-0.15, -0.1) is 0 Å². The molecule has 1 aromatic heterocycles. The largest absolute Gasteiger partial charge is 0.484 e. The molecule has 0 radical (unpaired) electrons. The van der Waals surface area contributed by atoms with Crippen molar-refractivity contribution in [1.82, 2.24) is 0 Å². The smallest absolute Gasteiger partial charge is 0.336 e. The van der Waals surface area contributed by atoms with Crippen LogP contribution in [0.15, 0.2) is 51.7 Å². The number of benzene rings is 2. The Morgan fingerprint density at radius 2 is 1.89 bits per heavy atom. The minimum atomic E-state index is -0.690. The molecule has 7 nitrogen and oxygen atoms in total. The summed E-state index contributed by atoms with van der Waals surface area (Å²) in [6.07, 6.45) is 0. The number of carbonyl (C=O) groups is 2. The Hall–Kier alpha value is -3.32. The van der Waals surface area contributed by atoms with Crippen molar-refractivity contribution in [3.8, 4) is 5.75 Å². The Morgan fingerprint density at radius 1 is 1.19 bits per heavy atom. The van der Waals surface area contributed by atoms with Gasteiger partial charge in [-0.05, 0) is 42.8 Å². The van der Waals surface area contributed by atoms with Gasteiger partial charge in [0.25, 0.3) is 0 Å². The number of nitrogens with two attached hydrogens (primary N) is 1. The standard InChI is InChI=1S/C19H15ClN2O5/c1-10-6-18(24)27-16-8-17(14(20)7-13(10)16)26-9-15(23)11-2-4-12(5-3-11)22-19(21)25/h2-8H,9H2,1H3,(H3,21,22,25). The molecular weight excluding hydrogens is 372 g/mol. The van der Waals surface area contributed by atoms with Crippen molar-refractivity contribution < 1.29 is 18.7 Å². The lowest BCUT2D eigenvalue weighted by molar-refractivity contribution is 0.0921. The summed E-state index contributed by atoms with van der Waals surface area (Å²) in [6, 6.07) is 9.99. The molecule has 0 fully saturated rings. The fourth-order valence-corrected chi connectivity index (χ4v) is 2.76. The maximum absolute atomic E-state index is 12.3. The van der Waals surface area contributed by atoms with Crippen molar-refractivity contribution >= 4 is 40.1 Å². The normalized spacial score (nSPS) is 10.6. The number of urea groups is 1. The molecule has 138 valence electrons. The van der Waals surface area contributed by atoms with Gasteiger partial charge >= 0.3 is 11.7 Å². The summed E-state index contributed by atoms with van der Waals surface area (Å²) in [5.41, 5.74) is 6.48. The third-order valence-electron chi connectivity index (χ3n) is 3.84. The average Bonchev–Trinajstić information content (AvgIpc) is 2.60. The van der Waals surface area contributed by atoms with E-state index < -0.39 is 11.7 Å². The quantitative estimate of drug-likeness (QED) is 0.514. The molecule has 0 aliphatic heterocycles. The molecule has 3 N–H and O–H groups in total. The van der Waals surface area contributed by atoms with Crippen LogP contribution < -0.4 is 21.4 Å². The van der Waals surface area contributed by atoms with Crippen molar-refractivity contribution in [1.29, 1.82) is 0 Å². The molecule has 1 heterocycles. The number of primary amides is 1. The number of nitrogens with one attached hydrogen (secondary N) is 1. The van der Waals surface area contributed by atoms with E-state index in [2.05, 4.69) is 5.32 Å². The summed E-state index contributed by atoms with van der Waals surface area (Å²) in [6.45, 7) is 1.51. The number of rotatable bonds is 5. The summed E-state index contributed by atoms with van der Waals surface area (Å²) in [4.78, 5) is 34.6. The number of anilines is 1. The summed E-state index contributed by atoms with van der Waals surface area (Å²) in [5, 5.41) is 3.40. The topological polar surface area (TPSA) is 112 Å². The second-order valence-corrected chi connectivity index (χ2v) is 6.21. The maximum atomic E-state index is 12.3. The van der Waals surface area contributed by atoms with Gasteiger partial charge in [-0.25, -0.2) is 9.59 Å². The Bertz CT molecular complexity index is 1090. The molecule has 3 rings (SSSR count). The molecule has 2 aromatic carbocycles. The van der Waals surface area contributed by atoms with Gasteiger partial charge in [0, 0.05) is 28.8 Å². The first-order valence-electron chi connectivity index (χ1n) is 7.90. The van der Waals surface area contributed by atoms with Gasteiger partial charge in [-0.3, -0.25) is 4.79 Å². The van der Waals surface area contributed by atoms with E-state index in [1.54, 1.807) is 37.3 Å². The zero-order valence-electron chi connectivity index (χ0n) is 14.2. The van der Waals surface area contributed by atoms with Crippen molar-refractivity contribution in [3.63, 3.8) is 0 Å². The Kier molecular flexibility index (Phi) is 5.14. The third-order valence-corrected chi connectivity index (χ3v) is 4.13. The zero-order chi connectivity index (χ0) is 19.6. The highest BCUT2D eigenvalue weighted by molar-refractivity contribution is 6.32. The van der Waals surface area contributed by atoms with Gasteiger partial charge in [0.05, 0.1) is 5.02 Å². The minimum absolute atomic E-state index is 0.235.